The van der Waals surface area contributed by atoms with Gasteiger partial charge in [0.1, 0.15) is 11.3 Å². The van der Waals surface area contributed by atoms with E-state index in [1.807, 2.05) is 6.92 Å². The summed E-state index contributed by atoms with van der Waals surface area (Å²) in [7, 11) is 0. The van der Waals surface area contributed by atoms with Gasteiger partial charge in [0.05, 0.1) is 5.69 Å². The number of aryl methyl sites for hydroxylation is 2. The molecule has 0 aromatic carbocycles. The molecule has 2 atom stereocenters. The molecule has 1 amide bonds. The van der Waals surface area contributed by atoms with Gasteiger partial charge < -0.3 is 15.6 Å². The van der Waals surface area contributed by atoms with Gasteiger partial charge in [0, 0.05) is 12.5 Å². The van der Waals surface area contributed by atoms with E-state index in [0.717, 1.165) is 19.3 Å². The van der Waals surface area contributed by atoms with Gasteiger partial charge in [-0.3, -0.25) is 4.79 Å². The number of carbonyl (C=O) groups excluding carboxylic acids is 1. The Labute approximate surface area is 119 Å². The van der Waals surface area contributed by atoms with Gasteiger partial charge in [0.15, 0.2) is 0 Å². The molecule has 1 aliphatic carbocycles. The number of aromatic nitrogens is 1. The number of nitrogens with zero attached hydrogens (tertiary/aromatic N) is 1. The van der Waals surface area contributed by atoms with Crippen LogP contribution in [0.4, 0.5) is 0 Å². The van der Waals surface area contributed by atoms with Crippen molar-refractivity contribution in [2.24, 2.45) is 11.7 Å². The third-order valence-corrected chi connectivity index (χ3v) is 3.76. The summed E-state index contributed by atoms with van der Waals surface area (Å²) in [5.74, 6) is 0.988. The topological polar surface area (TPSA) is 81.2 Å². The van der Waals surface area contributed by atoms with Crippen LogP contribution in [0.15, 0.2) is 4.52 Å². The lowest BCUT2D eigenvalue weighted by molar-refractivity contribution is 0.0926. The van der Waals surface area contributed by atoms with Gasteiger partial charge in [0.25, 0.3) is 5.91 Å². The Kier molecular flexibility index (Phi) is 5.82. The van der Waals surface area contributed by atoms with E-state index in [1.165, 1.54) is 0 Å². The van der Waals surface area contributed by atoms with Crippen LogP contribution in [0, 0.1) is 12.8 Å². The molecule has 5 nitrogen and oxygen atoms in total. The monoisotopic (exact) mass is 287 g/mol. The number of hydrogen-bond donors (Lipinski definition) is 2. The van der Waals surface area contributed by atoms with Gasteiger partial charge in [-0.25, -0.2) is 0 Å². The fourth-order valence-corrected chi connectivity index (χ4v) is 2.70. The maximum atomic E-state index is 12.3. The Balaban J connectivity index is 0.00000180. The summed E-state index contributed by atoms with van der Waals surface area (Å²) in [4.78, 5) is 12.3. The summed E-state index contributed by atoms with van der Waals surface area (Å²) >= 11 is 0. The van der Waals surface area contributed by atoms with Crippen molar-refractivity contribution >= 4 is 18.3 Å². The molecule has 2 rings (SSSR count). The van der Waals surface area contributed by atoms with Gasteiger partial charge in [-0.2, -0.15) is 0 Å². The summed E-state index contributed by atoms with van der Waals surface area (Å²) in [6, 6.07) is 0.196. The molecule has 0 saturated heterocycles. The number of nitrogens with two attached hydrogens (primary N) is 1. The molecule has 1 aromatic heterocycles. The largest absolute Gasteiger partial charge is 0.360 e. The summed E-state index contributed by atoms with van der Waals surface area (Å²) in [6.07, 6.45) is 3.93. The number of rotatable bonds is 4. The van der Waals surface area contributed by atoms with Crippen molar-refractivity contribution < 1.29 is 9.32 Å². The second kappa shape index (κ2) is 6.91. The molecule has 1 aromatic rings. The van der Waals surface area contributed by atoms with Crippen LogP contribution in [-0.2, 0) is 6.42 Å². The third-order valence-electron chi connectivity index (χ3n) is 3.76. The Morgan fingerprint density at radius 1 is 1.53 bits per heavy atom. The molecule has 1 fully saturated rings. The molecule has 1 aliphatic rings. The van der Waals surface area contributed by atoms with Crippen molar-refractivity contribution in [3.63, 3.8) is 0 Å². The van der Waals surface area contributed by atoms with E-state index in [0.29, 0.717) is 35.9 Å². The van der Waals surface area contributed by atoms with Crippen LogP contribution in [0.25, 0.3) is 0 Å². The quantitative estimate of drug-likeness (QED) is 0.885. The Hall–Kier alpha value is -1.07. The SMILES string of the molecule is CCc1onc(C)c1C(=O)NC1CCCC1CN.Cl. The van der Waals surface area contributed by atoms with Crippen LogP contribution in [0.1, 0.15) is 48.0 Å². The van der Waals surface area contributed by atoms with E-state index >= 15 is 0 Å². The van der Waals surface area contributed by atoms with Crippen LogP contribution in [0.2, 0.25) is 0 Å². The number of amides is 1. The van der Waals surface area contributed by atoms with Crippen molar-refractivity contribution in [3.05, 3.63) is 17.0 Å². The van der Waals surface area contributed by atoms with Gasteiger partial charge in [-0.05, 0) is 32.2 Å². The lowest BCUT2D eigenvalue weighted by Crippen LogP contribution is -2.40. The molecule has 2 unspecified atom stereocenters. The van der Waals surface area contributed by atoms with E-state index in [2.05, 4.69) is 10.5 Å². The van der Waals surface area contributed by atoms with E-state index in [4.69, 9.17) is 10.3 Å². The fourth-order valence-electron chi connectivity index (χ4n) is 2.70. The average molecular weight is 288 g/mol. The molecule has 0 spiro atoms. The van der Waals surface area contributed by atoms with Crippen LogP contribution in [0.5, 0.6) is 0 Å². The third kappa shape index (κ3) is 3.28. The standard InChI is InChI=1S/C13H21N3O2.ClH/c1-3-11-12(8(2)16-18-11)13(17)15-10-6-4-5-9(10)7-14;/h9-10H,3-7,14H2,1-2H3,(H,15,17);1H. The Morgan fingerprint density at radius 2 is 2.26 bits per heavy atom. The number of halogens is 1. The van der Waals surface area contributed by atoms with Crippen molar-refractivity contribution in [2.45, 2.75) is 45.6 Å². The maximum absolute atomic E-state index is 12.3. The van der Waals surface area contributed by atoms with Crippen molar-refractivity contribution in [3.8, 4) is 0 Å². The maximum Gasteiger partial charge on any atom is 0.257 e. The molecule has 0 aliphatic heterocycles. The van der Waals surface area contributed by atoms with Crippen LogP contribution < -0.4 is 11.1 Å². The minimum absolute atomic E-state index is 0. The molecular formula is C13H22ClN3O2. The molecule has 3 N–H and O–H groups in total. The summed E-state index contributed by atoms with van der Waals surface area (Å²) in [5, 5.41) is 6.94. The highest BCUT2D eigenvalue weighted by atomic mass is 35.5. The molecular weight excluding hydrogens is 266 g/mol. The van der Waals surface area contributed by atoms with Crippen LogP contribution >= 0.6 is 12.4 Å². The zero-order valence-electron chi connectivity index (χ0n) is 11.4. The highest BCUT2D eigenvalue weighted by molar-refractivity contribution is 5.96. The predicted molar refractivity (Wildman–Crippen MR) is 75.5 cm³/mol. The first kappa shape index (κ1) is 16.0. The first-order valence-corrected chi connectivity index (χ1v) is 6.63. The summed E-state index contributed by atoms with van der Waals surface area (Å²) in [5.41, 5.74) is 6.98. The minimum atomic E-state index is -0.0732. The van der Waals surface area contributed by atoms with Crippen molar-refractivity contribution in [1.29, 1.82) is 0 Å². The number of carbonyl (C=O) groups is 1. The van der Waals surface area contributed by atoms with Gasteiger partial charge in [0.2, 0.25) is 0 Å². The van der Waals surface area contributed by atoms with E-state index in [9.17, 15) is 4.79 Å². The lowest BCUT2D eigenvalue weighted by atomic mass is 10.0. The first-order chi connectivity index (χ1) is 8.67. The highest BCUT2D eigenvalue weighted by Gasteiger charge is 2.29. The second-order valence-corrected chi connectivity index (χ2v) is 4.93. The molecule has 1 heterocycles. The number of nitrogens with one attached hydrogen (secondary N) is 1. The zero-order chi connectivity index (χ0) is 13.1. The second-order valence-electron chi connectivity index (χ2n) is 4.93. The molecule has 1 saturated carbocycles. The lowest BCUT2D eigenvalue weighted by Gasteiger charge is -2.19. The summed E-state index contributed by atoms with van der Waals surface area (Å²) < 4.78 is 5.15. The normalized spacial score (nSPS) is 22.1. The molecule has 0 radical (unpaired) electrons. The minimum Gasteiger partial charge on any atom is -0.360 e. The van der Waals surface area contributed by atoms with E-state index in [-0.39, 0.29) is 24.4 Å². The fraction of sp³-hybridized carbons (Fsp3) is 0.692. The molecule has 6 heteroatoms. The first-order valence-electron chi connectivity index (χ1n) is 6.63. The van der Waals surface area contributed by atoms with Gasteiger partial charge >= 0.3 is 0 Å². The summed E-state index contributed by atoms with van der Waals surface area (Å²) in [6.45, 7) is 4.38. The molecule has 19 heavy (non-hydrogen) atoms. The average Bonchev–Trinajstić information content (AvgIpc) is 2.95. The molecule has 108 valence electrons. The van der Waals surface area contributed by atoms with Gasteiger partial charge in [-0.15, -0.1) is 12.4 Å². The van der Waals surface area contributed by atoms with Crippen molar-refractivity contribution in [2.75, 3.05) is 6.54 Å². The Bertz CT molecular complexity index is 434. The van der Waals surface area contributed by atoms with Crippen molar-refractivity contribution in [1.82, 2.24) is 10.5 Å². The molecule has 0 bridgehead atoms. The number of hydrogen-bond acceptors (Lipinski definition) is 4. The van der Waals surface area contributed by atoms with E-state index < -0.39 is 0 Å². The zero-order valence-corrected chi connectivity index (χ0v) is 12.3. The Morgan fingerprint density at radius 3 is 2.89 bits per heavy atom. The van der Waals surface area contributed by atoms with Crippen LogP contribution in [0.3, 0.4) is 0 Å². The highest BCUT2D eigenvalue weighted by Crippen LogP contribution is 2.25. The predicted octanol–water partition coefficient (Wildman–Crippen LogP) is 1.82. The van der Waals surface area contributed by atoms with Gasteiger partial charge in [-0.1, -0.05) is 18.5 Å². The smallest absolute Gasteiger partial charge is 0.257 e. The van der Waals surface area contributed by atoms with E-state index in [1.54, 1.807) is 6.92 Å². The van der Waals surface area contributed by atoms with Crippen LogP contribution in [-0.4, -0.2) is 23.7 Å².